The van der Waals surface area contributed by atoms with Crippen molar-refractivity contribution in [2.24, 2.45) is 0 Å². The van der Waals surface area contributed by atoms with Gasteiger partial charge in [0, 0.05) is 5.69 Å². The van der Waals surface area contributed by atoms with Gasteiger partial charge in [-0.25, -0.2) is 0 Å². The molecule has 3 rings (SSSR count). The van der Waals surface area contributed by atoms with Crippen LogP contribution in [0.1, 0.15) is 10.6 Å². The second-order valence-electron chi connectivity index (χ2n) is 6.06. The van der Waals surface area contributed by atoms with Crippen LogP contribution in [0.25, 0.3) is 0 Å². The number of anilines is 1. The van der Waals surface area contributed by atoms with Gasteiger partial charge in [-0.05, 0) is 47.8 Å². The summed E-state index contributed by atoms with van der Waals surface area (Å²) in [6.45, 7) is 1.38. The number of thiophene rings is 1. The van der Waals surface area contributed by atoms with Gasteiger partial charge in [-0.3, -0.25) is 4.79 Å². The van der Waals surface area contributed by atoms with Gasteiger partial charge < -0.3 is 19.4 Å². The first-order valence-electron chi connectivity index (χ1n) is 8.41. The summed E-state index contributed by atoms with van der Waals surface area (Å²) < 4.78 is 45.8. The minimum absolute atomic E-state index is 0.180. The third kappa shape index (κ3) is 6.43. The zero-order valence-corrected chi connectivity index (χ0v) is 15.5. The lowest BCUT2D eigenvalue weighted by atomic mass is 10.3. The number of nitrogens with one attached hydrogen (secondary N) is 2. The zero-order chi connectivity index (χ0) is 20.0. The van der Waals surface area contributed by atoms with Crippen molar-refractivity contribution >= 4 is 22.9 Å². The molecule has 0 spiro atoms. The van der Waals surface area contributed by atoms with Crippen molar-refractivity contribution in [2.75, 3.05) is 11.9 Å². The number of amides is 1. The maximum absolute atomic E-state index is 12.4. The van der Waals surface area contributed by atoms with Crippen molar-refractivity contribution in [1.82, 2.24) is 0 Å². The Morgan fingerprint density at radius 3 is 2.50 bits per heavy atom. The first-order valence-corrected chi connectivity index (χ1v) is 9.29. The first-order chi connectivity index (χ1) is 13.4. The maximum Gasteiger partial charge on any atom is 0.573 e. The molecule has 0 saturated carbocycles. The number of rotatable bonds is 8. The number of alkyl halides is 3. The van der Waals surface area contributed by atoms with Crippen molar-refractivity contribution in [3.05, 3.63) is 70.8 Å². The number of carbonyl (C=O) groups is 1. The second kappa shape index (κ2) is 8.94. The van der Waals surface area contributed by atoms with Crippen LogP contribution in [0, 0.1) is 0 Å². The SMILES string of the molecule is O=C(C[NH+](Cc1ccco1)Cc1cccs1)Nc1ccc(OC(F)(F)F)cc1. The van der Waals surface area contributed by atoms with Crippen molar-refractivity contribution in [3.8, 4) is 5.75 Å². The van der Waals surface area contributed by atoms with Crippen LogP contribution in [0.5, 0.6) is 5.75 Å². The summed E-state index contributed by atoms with van der Waals surface area (Å²) in [6.07, 6.45) is -3.16. The zero-order valence-electron chi connectivity index (χ0n) is 14.7. The number of ether oxygens (including phenoxy) is 1. The molecule has 1 amide bonds. The summed E-state index contributed by atoms with van der Waals surface area (Å²) >= 11 is 1.61. The third-order valence-electron chi connectivity index (χ3n) is 3.79. The van der Waals surface area contributed by atoms with Crippen LogP contribution in [0.3, 0.4) is 0 Å². The summed E-state index contributed by atoms with van der Waals surface area (Å²) in [5, 5.41) is 4.67. The lowest BCUT2D eigenvalue weighted by Crippen LogP contribution is -3.10. The predicted octanol–water partition coefficient (Wildman–Crippen LogP) is 3.46. The number of carbonyl (C=O) groups excluding carboxylic acids is 1. The van der Waals surface area contributed by atoms with Crippen LogP contribution in [-0.4, -0.2) is 18.8 Å². The highest BCUT2D eigenvalue weighted by Crippen LogP contribution is 2.23. The Morgan fingerprint density at radius 2 is 1.89 bits per heavy atom. The summed E-state index contributed by atoms with van der Waals surface area (Å²) in [7, 11) is 0. The molecule has 2 aromatic heterocycles. The summed E-state index contributed by atoms with van der Waals surface area (Å²) in [5.41, 5.74) is 0.396. The third-order valence-corrected chi connectivity index (χ3v) is 4.67. The van der Waals surface area contributed by atoms with Crippen LogP contribution in [0.4, 0.5) is 18.9 Å². The first kappa shape index (κ1) is 20.0. The molecule has 0 bridgehead atoms. The van der Waals surface area contributed by atoms with Crippen LogP contribution < -0.4 is 15.0 Å². The molecule has 0 aliphatic rings. The molecule has 0 radical (unpaired) electrons. The Morgan fingerprint density at radius 1 is 1.11 bits per heavy atom. The molecule has 1 aromatic carbocycles. The number of furan rings is 1. The van der Waals surface area contributed by atoms with Crippen LogP contribution in [-0.2, 0) is 17.9 Å². The van der Waals surface area contributed by atoms with E-state index in [1.165, 1.54) is 12.1 Å². The topological polar surface area (TPSA) is 55.9 Å². The Kier molecular flexibility index (Phi) is 6.37. The number of benzene rings is 1. The highest BCUT2D eigenvalue weighted by atomic mass is 32.1. The normalized spacial score (nSPS) is 12.5. The molecule has 1 unspecified atom stereocenters. The number of hydrogen-bond acceptors (Lipinski definition) is 4. The van der Waals surface area contributed by atoms with Crippen LogP contribution in [0.2, 0.25) is 0 Å². The van der Waals surface area contributed by atoms with Gasteiger partial charge in [0.1, 0.15) is 18.8 Å². The Balaban J connectivity index is 1.59. The van der Waals surface area contributed by atoms with E-state index in [4.69, 9.17) is 4.42 Å². The van der Waals surface area contributed by atoms with E-state index in [2.05, 4.69) is 10.1 Å². The molecule has 28 heavy (non-hydrogen) atoms. The van der Waals surface area contributed by atoms with Crippen molar-refractivity contribution in [1.29, 1.82) is 0 Å². The van der Waals surface area contributed by atoms with E-state index in [1.54, 1.807) is 23.7 Å². The number of halogens is 3. The van der Waals surface area contributed by atoms with E-state index in [0.717, 1.165) is 27.7 Å². The van der Waals surface area contributed by atoms with Crippen LogP contribution >= 0.6 is 11.3 Å². The minimum Gasteiger partial charge on any atom is -0.463 e. The molecule has 0 aliphatic carbocycles. The Hall–Kier alpha value is -2.78. The Bertz CT molecular complexity index is 827. The fraction of sp³-hybridized carbons (Fsp3) is 0.211. The molecule has 0 aliphatic heterocycles. The van der Waals surface area contributed by atoms with Gasteiger partial charge in [0.2, 0.25) is 0 Å². The van der Waals surface area contributed by atoms with Gasteiger partial charge in [0.15, 0.2) is 12.3 Å². The molecule has 3 aromatic rings. The van der Waals surface area contributed by atoms with Gasteiger partial charge in [-0.1, -0.05) is 6.07 Å². The molecule has 0 saturated heterocycles. The highest BCUT2D eigenvalue weighted by molar-refractivity contribution is 7.09. The molecule has 9 heteroatoms. The van der Waals surface area contributed by atoms with Gasteiger partial charge in [-0.15, -0.1) is 24.5 Å². The molecule has 2 heterocycles. The molecule has 1 atom stereocenters. The second-order valence-corrected chi connectivity index (χ2v) is 7.09. The predicted molar refractivity (Wildman–Crippen MR) is 98.0 cm³/mol. The fourth-order valence-corrected chi connectivity index (χ4v) is 3.46. The average molecular weight is 411 g/mol. The standard InChI is InChI=1S/C19H17F3N2O3S/c20-19(21,22)27-15-7-5-14(6-8-15)23-18(25)13-24(11-16-3-1-9-26-16)12-17-4-2-10-28-17/h1-10H,11-13H2,(H,23,25)/p+1. The lowest BCUT2D eigenvalue weighted by molar-refractivity contribution is -0.920. The Labute approximate surface area is 163 Å². The molecule has 2 N–H and O–H groups in total. The summed E-state index contributed by atoms with van der Waals surface area (Å²) in [6, 6.07) is 12.6. The molecule has 5 nitrogen and oxygen atoms in total. The quantitative estimate of drug-likeness (QED) is 0.597. The van der Waals surface area contributed by atoms with Gasteiger partial charge >= 0.3 is 6.36 Å². The van der Waals surface area contributed by atoms with E-state index in [-0.39, 0.29) is 18.2 Å². The number of hydrogen-bond donors (Lipinski definition) is 2. The minimum atomic E-state index is -4.75. The van der Waals surface area contributed by atoms with E-state index >= 15 is 0 Å². The van der Waals surface area contributed by atoms with Crippen molar-refractivity contribution in [3.63, 3.8) is 0 Å². The number of quaternary nitrogens is 1. The lowest BCUT2D eigenvalue weighted by Gasteiger charge is -2.17. The molecule has 0 fully saturated rings. The van der Waals surface area contributed by atoms with Gasteiger partial charge in [0.05, 0.1) is 11.1 Å². The van der Waals surface area contributed by atoms with Crippen molar-refractivity contribution < 1.29 is 32.0 Å². The van der Waals surface area contributed by atoms with E-state index in [9.17, 15) is 18.0 Å². The molecule has 148 valence electrons. The maximum atomic E-state index is 12.4. The van der Waals surface area contributed by atoms with Crippen molar-refractivity contribution in [2.45, 2.75) is 19.5 Å². The van der Waals surface area contributed by atoms with E-state index in [0.29, 0.717) is 18.8 Å². The van der Waals surface area contributed by atoms with Gasteiger partial charge in [-0.2, -0.15) is 0 Å². The van der Waals surface area contributed by atoms with E-state index in [1.807, 2.05) is 23.6 Å². The van der Waals surface area contributed by atoms with Gasteiger partial charge in [0.25, 0.3) is 5.91 Å². The fourth-order valence-electron chi connectivity index (χ4n) is 2.68. The molecular weight excluding hydrogens is 393 g/mol. The summed E-state index contributed by atoms with van der Waals surface area (Å²) in [4.78, 5) is 14.5. The largest absolute Gasteiger partial charge is 0.573 e. The average Bonchev–Trinajstić information content (AvgIpc) is 3.29. The summed E-state index contributed by atoms with van der Waals surface area (Å²) in [5.74, 6) is 0.184. The van der Waals surface area contributed by atoms with Crippen LogP contribution in [0.15, 0.2) is 64.6 Å². The highest BCUT2D eigenvalue weighted by Gasteiger charge is 2.31. The van der Waals surface area contributed by atoms with E-state index < -0.39 is 6.36 Å². The molecular formula is C19H18F3N2O3S+. The monoisotopic (exact) mass is 411 g/mol. The smallest absolute Gasteiger partial charge is 0.463 e.